The topological polar surface area (TPSA) is 92.5 Å². The van der Waals surface area contributed by atoms with E-state index in [1.807, 2.05) is 6.92 Å². The third-order valence-corrected chi connectivity index (χ3v) is 6.23. The van der Waals surface area contributed by atoms with Gasteiger partial charge in [0.15, 0.2) is 0 Å². The summed E-state index contributed by atoms with van der Waals surface area (Å²) < 4.78 is 27.3. The zero-order chi connectivity index (χ0) is 17.3. The SMILES string of the molecule is CC(N)C1CCCCN1C(=O)c1cccc(S(=O)(=O)NC2CC2)c1.Cl. The van der Waals surface area contributed by atoms with Crippen LogP contribution in [0, 0.1) is 0 Å². The molecular formula is C17H26ClN3O3S. The van der Waals surface area contributed by atoms with Crippen molar-refractivity contribution in [3.05, 3.63) is 29.8 Å². The third-order valence-electron chi connectivity index (χ3n) is 4.71. The first kappa shape index (κ1) is 20.2. The molecule has 140 valence electrons. The van der Waals surface area contributed by atoms with Gasteiger partial charge in [0.05, 0.1) is 4.90 Å². The highest BCUT2D eigenvalue weighted by molar-refractivity contribution is 7.89. The zero-order valence-electron chi connectivity index (χ0n) is 14.3. The minimum atomic E-state index is -3.56. The van der Waals surface area contributed by atoms with E-state index in [-0.39, 0.29) is 41.3 Å². The Balaban J connectivity index is 0.00000225. The Labute approximate surface area is 155 Å². The Hall–Kier alpha value is -1.15. The van der Waals surface area contributed by atoms with E-state index < -0.39 is 10.0 Å². The second-order valence-electron chi connectivity index (χ2n) is 6.84. The lowest BCUT2D eigenvalue weighted by Crippen LogP contribution is -2.51. The van der Waals surface area contributed by atoms with E-state index in [1.54, 1.807) is 17.0 Å². The van der Waals surface area contributed by atoms with Gasteiger partial charge in [0.25, 0.3) is 5.91 Å². The molecule has 0 radical (unpaired) electrons. The minimum absolute atomic E-state index is 0. The summed E-state index contributed by atoms with van der Waals surface area (Å²) in [6.45, 7) is 2.58. The Kier molecular flexibility index (Phi) is 6.48. The number of rotatable bonds is 5. The second kappa shape index (κ2) is 8.03. The summed E-state index contributed by atoms with van der Waals surface area (Å²) in [5.41, 5.74) is 6.44. The summed E-state index contributed by atoms with van der Waals surface area (Å²) in [7, 11) is -3.56. The first-order valence-electron chi connectivity index (χ1n) is 8.57. The Morgan fingerprint density at radius 2 is 2.00 bits per heavy atom. The lowest BCUT2D eigenvalue weighted by Gasteiger charge is -2.38. The number of halogens is 1. The number of nitrogens with two attached hydrogens (primary N) is 1. The fourth-order valence-corrected chi connectivity index (χ4v) is 4.56. The summed E-state index contributed by atoms with van der Waals surface area (Å²) in [5.74, 6) is -0.138. The molecule has 1 aromatic rings. The molecule has 0 spiro atoms. The number of benzene rings is 1. The Morgan fingerprint density at radius 3 is 2.64 bits per heavy atom. The first-order valence-corrected chi connectivity index (χ1v) is 10.1. The zero-order valence-corrected chi connectivity index (χ0v) is 16.0. The van der Waals surface area contributed by atoms with Crippen molar-refractivity contribution < 1.29 is 13.2 Å². The molecule has 2 fully saturated rings. The van der Waals surface area contributed by atoms with Crippen LogP contribution in [0.4, 0.5) is 0 Å². The number of hydrogen-bond acceptors (Lipinski definition) is 4. The number of amides is 1. The fraction of sp³-hybridized carbons (Fsp3) is 0.588. The number of nitrogens with one attached hydrogen (secondary N) is 1. The maximum absolute atomic E-state index is 12.9. The van der Waals surface area contributed by atoms with Gasteiger partial charge in [-0.2, -0.15) is 0 Å². The van der Waals surface area contributed by atoms with E-state index in [4.69, 9.17) is 5.73 Å². The van der Waals surface area contributed by atoms with Gasteiger partial charge in [0.1, 0.15) is 0 Å². The molecule has 8 heteroatoms. The molecular weight excluding hydrogens is 362 g/mol. The van der Waals surface area contributed by atoms with Crippen molar-refractivity contribution in [3.63, 3.8) is 0 Å². The van der Waals surface area contributed by atoms with Crippen molar-refractivity contribution in [1.29, 1.82) is 0 Å². The smallest absolute Gasteiger partial charge is 0.254 e. The molecule has 2 atom stereocenters. The van der Waals surface area contributed by atoms with E-state index >= 15 is 0 Å². The van der Waals surface area contributed by atoms with Crippen LogP contribution < -0.4 is 10.5 Å². The monoisotopic (exact) mass is 387 g/mol. The molecule has 1 heterocycles. The predicted molar refractivity (Wildman–Crippen MR) is 99.4 cm³/mol. The van der Waals surface area contributed by atoms with Crippen molar-refractivity contribution in [1.82, 2.24) is 9.62 Å². The van der Waals surface area contributed by atoms with Gasteiger partial charge in [0, 0.05) is 30.2 Å². The van der Waals surface area contributed by atoms with Gasteiger partial charge in [-0.1, -0.05) is 6.07 Å². The number of piperidine rings is 1. The molecule has 1 aromatic carbocycles. The normalized spacial score (nSPS) is 22.2. The maximum atomic E-state index is 12.9. The molecule has 2 unspecified atom stereocenters. The number of sulfonamides is 1. The third kappa shape index (κ3) is 4.73. The van der Waals surface area contributed by atoms with Crippen molar-refractivity contribution in [2.75, 3.05) is 6.54 Å². The molecule has 1 aliphatic carbocycles. The summed E-state index contributed by atoms with van der Waals surface area (Å²) in [6, 6.07) is 6.25. The number of likely N-dealkylation sites (tertiary alicyclic amines) is 1. The van der Waals surface area contributed by atoms with E-state index in [2.05, 4.69) is 4.72 Å². The highest BCUT2D eigenvalue weighted by Crippen LogP contribution is 2.24. The molecule has 0 bridgehead atoms. The molecule has 1 saturated heterocycles. The minimum Gasteiger partial charge on any atom is -0.334 e. The van der Waals surface area contributed by atoms with Crippen LogP contribution in [0.25, 0.3) is 0 Å². The molecule has 3 rings (SSSR count). The quantitative estimate of drug-likeness (QED) is 0.806. The van der Waals surface area contributed by atoms with Crippen LogP contribution in [0.2, 0.25) is 0 Å². The number of carbonyl (C=O) groups is 1. The summed E-state index contributed by atoms with van der Waals surface area (Å²) in [4.78, 5) is 14.8. The van der Waals surface area contributed by atoms with Crippen LogP contribution >= 0.6 is 12.4 Å². The summed E-state index contributed by atoms with van der Waals surface area (Å²) in [5, 5.41) is 0. The average Bonchev–Trinajstić information content (AvgIpc) is 3.37. The molecule has 1 saturated carbocycles. The van der Waals surface area contributed by atoms with Gasteiger partial charge in [-0.05, 0) is 57.2 Å². The standard InChI is InChI=1S/C17H25N3O3S.ClH/c1-12(18)16-7-2-3-10-20(16)17(21)13-5-4-6-15(11-13)24(22,23)19-14-8-9-14;/h4-6,11-12,14,16,19H,2-3,7-10,18H2,1H3;1H. The van der Waals surface area contributed by atoms with E-state index in [0.717, 1.165) is 32.1 Å². The highest BCUT2D eigenvalue weighted by Gasteiger charge is 2.31. The number of nitrogens with zero attached hydrogens (tertiary/aromatic N) is 1. The van der Waals surface area contributed by atoms with Crippen molar-refractivity contribution >= 4 is 28.3 Å². The molecule has 0 aromatic heterocycles. The van der Waals surface area contributed by atoms with Crippen molar-refractivity contribution in [3.8, 4) is 0 Å². The average molecular weight is 388 g/mol. The van der Waals surface area contributed by atoms with Crippen LogP contribution in [0.15, 0.2) is 29.2 Å². The second-order valence-corrected chi connectivity index (χ2v) is 8.56. The predicted octanol–water partition coefficient (Wildman–Crippen LogP) is 1.89. The summed E-state index contributed by atoms with van der Waals surface area (Å²) >= 11 is 0. The first-order chi connectivity index (χ1) is 11.4. The fourth-order valence-electron chi connectivity index (χ4n) is 3.21. The van der Waals surface area contributed by atoms with Crippen LogP contribution in [0.1, 0.15) is 49.4 Å². The molecule has 3 N–H and O–H groups in total. The van der Waals surface area contributed by atoms with E-state index in [0.29, 0.717) is 12.1 Å². The van der Waals surface area contributed by atoms with Crippen molar-refractivity contribution in [2.45, 2.75) is 62.0 Å². The van der Waals surface area contributed by atoms with E-state index in [9.17, 15) is 13.2 Å². The van der Waals surface area contributed by atoms with Crippen LogP contribution in [0.5, 0.6) is 0 Å². The van der Waals surface area contributed by atoms with Crippen LogP contribution in [-0.4, -0.2) is 43.9 Å². The molecule has 25 heavy (non-hydrogen) atoms. The van der Waals surface area contributed by atoms with Crippen LogP contribution in [-0.2, 0) is 10.0 Å². The largest absolute Gasteiger partial charge is 0.334 e. The van der Waals surface area contributed by atoms with Gasteiger partial charge in [0.2, 0.25) is 10.0 Å². The highest BCUT2D eigenvalue weighted by atomic mass is 35.5. The number of hydrogen-bond donors (Lipinski definition) is 2. The van der Waals surface area contributed by atoms with Crippen molar-refractivity contribution in [2.24, 2.45) is 5.73 Å². The summed E-state index contributed by atoms with van der Waals surface area (Å²) in [6.07, 6.45) is 4.67. The molecule has 1 amide bonds. The van der Waals surface area contributed by atoms with Gasteiger partial charge in [-0.15, -0.1) is 12.4 Å². The van der Waals surface area contributed by atoms with Gasteiger partial charge >= 0.3 is 0 Å². The van der Waals surface area contributed by atoms with E-state index in [1.165, 1.54) is 12.1 Å². The lowest BCUT2D eigenvalue weighted by molar-refractivity contribution is 0.0583. The van der Waals surface area contributed by atoms with Gasteiger partial charge in [-0.3, -0.25) is 4.79 Å². The Morgan fingerprint density at radius 1 is 1.28 bits per heavy atom. The molecule has 2 aliphatic rings. The lowest BCUT2D eigenvalue weighted by atomic mass is 9.96. The maximum Gasteiger partial charge on any atom is 0.254 e. The van der Waals surface area contributed by atoms with Gasteiger partial charge < -0.3 is 10.6 Å². The number of carbonyl (C=O) groups excluding carboxylic acids is 1. The Bertz CT molecular complexity index is 720. The van der Waals surface area contributed by atoms with Crippen LogP contribution in [0.3, 0.4) is 0 Å². The molecule has 1 aliphatic heterocycles. The van der Waals surface area contributed by atoms with Gasteiger partial charge in [-0.25, -0.2) is 13.1 Å². The molecule has 6 nitrogen and oxygen atoms in total.